The fourth-order valence-electron chi connectivity index (χ4n) is 1.66. The van der Waals surface area contributed by atoms with E-state index in [2.05, 4.69) is 22.2 Å². The van der Waals surface area contributed by atoms with Gasteiger partial charge in [-0.3, -0.25) is 4.68 Å². The molecule has 1 unspecified atom stereocenters. The number of hydrogen-bond acceptors (Lipinski definition) is 4. The normalized spacial score (nSPS) is 13.2. The van der Waals surface area contributed by atoms with Crippen LogP contribution in [0.25, 0.3) is 0 Å². The minimum Gasteiger partial charge on any atom is -0.394 e. The third kappa shape index (κ3) is 4.85. The molecule has 0 spiro atoms. The Morgan fingerprint density at radius 3 is 2.88 bits per heavy atom. The molecular weight excluding hydrogens is 216 g/mol. The molecule has 17 heavy (non-hydrogen) atoms. The largest absolute Gasteiger partial charge is 0.394 e. The van der Waals surface area contributed by atoms with Gasteiger partial charge in [0, 0.05) is 31.4 Å². The number of rotatable bonds is 8. The van der Waals surface area contributed by atoms with E-state index in [-0.39, 0.29) is 12.6 Å². The number of aromatic nitrogens is 2. The minimum absolute atomic E-state index is 0.0134. The van der Waals surface area contributed by atoms with Gasteiger partial charge in [-0.25, -0.2) is 0 Å². The molecule has 0 radical (unpaired) electrons. The quantitative estimate of drug-likeness (QED) is 0.694. The van der Waals surface area contributed by atoms with E-state index < -0.39 is 0 Å². The zero-order valence-electron chi connectivity index (χ0n) is 11.1. The zero-order chi connectivity index (χ0) is 12.7. The molecule has 1 aromatic rings. The van der Waals surface area contributed by atoms with Gasteiger partial charge in [-0.1, -0.05) is 6.92 Å². The van der Waals surface area contributed by atoms with E-state index in [0.717, 1.165) is 31.6 Å². The van der Waals surface area contributed by atoms with Gasteiger partial charge in [-0.05, 0) is 20.5 Å². The predicted octanol–water partition coefficient (Wildman–Crippen LogP) is 0.478. The van der Waals surface area contributed by atoms with Crippen molar-refractivity contribution in [1.29, 1.82) is 0 Å². The van der Waals surface area contributed by atoms with Crippen LogP contribution in [0.15, 0.2) is 12.4 Å². The molecule has 1 aromatic heterocycles. The van der Waals surface area contributed by atoms with E-state index in [9.17, 15) is 5.11 Å². The fourth-order valence-corrected chi connectivity index (χ4v) is 1.66. The van der Waals surface area contributed by atoms with Gasteiger partial charge in [0.2, 0.25) is 0 Å². The monoisotopic (exact) mass is 240 g/mol. The highest BCUT2D eigenvalue weighted by atomic mass is 16.3. The Hall–Kier alpha value is -0.910. The molecule has 1 atom stereocenters. The Morgan fingerprint density at radius 2 is 2.29 bits per heavy atom. The van der Waals surface area contributed by atoms with E-state index in [1.165, 1.54) is 0 Å². The smallest absolute Gasteiger partial charge is 0.0627 e. The van der Waals surface area contributed by atoms with Crippen molar-refractivity contribution in [3.63, 3.8) is 0 Å². The number of hydrogen-bond donors (Lipinski definition) is 2. The van der Waals surface area contributed by atoms with Crippen LogP contribution in [0.5, 0.6) is 0 Å². The molecule has 5 heteroatoms. The van der Waals surface area contributed by atoms with E-state index in [1.807, 2.05) is 31.2 Å². The number of nitrogens with one attached hydrogen (secondary N) is 1. The lowest BCUT2D eigenvalue weighted by atomic mass is 10.2. The summed E-state index contributed by atoms with van der Waals surface area (Å²) in [6.07, 6.45) is 4.91. The lowest BCUT2D eigenvalue weighted by Gasteiger charge is -2.16. The van der Waals surface area contributed by atoms with Crippen molar-refractivity contribution >= 4 is 0 Å². The van der Waals surface area contributed by atoms with Crippen LogP contribution in [-0.4, -0.2) is 53.6 Å². The Kier molecular flexibility index (Phi) is 6.18. The number of aryl methyl sites for hydroxylation is 1. The third-order valence-corrected chi connectivity index (χ3v) is 2.64. The fraction of sp³-hybridized carbons (Fsp3) is 0.750. The molecule has 5 nitrogen and oxygen atoms in total. The van der Waals surface area contributed by atoms with Crippen molar-refractivity contribution in [3.8, 4) is 0 Å². The minimum atomic E-state index is -0.0134. The van der Waals surface area contributed by atoms with Gasteiger partial charge in [0.05, 0.1) is 18.8 Å². The molecule has 0 aliphatic carbocycles. The van der Waals surface area contributed by atoms with Crippen LogP contribution >= 0.6 is 0 Å². The third-order valence-electron chi connectivity index (χ3n) is 2.64. The molecule has 1 heterocycles. The maximum absolute atomic E-state index is 9.37. The molecule has 0 saturated heterocycles. The van der Waals surface area contributed by atoms with Crippen LogP contribution < -0.4 is 5.32 Å². The van der Waals surface area contributed by atoms with E-state index in [4.69, 9.17) is 0 Å². The number of likely N-dealkylation sites (N-methyl/N-ethyl adjacent to an activating group) is 1. The first-order valence-corrected chi connectivity index (χ1v) is 6.18. The molecule has 0 aliphatic heterocycles. The predicted molar refractivity (Wildman–Crippen MR) is 68.9 cm³/mol. The van der Waals surface area contributed by atoms with Crippen LogP contribution in [0.3, 0.4) is 0 Å². The van der Waals surface area contributed by atoms with Crippen molar-refractivity contribution in [3.05, 3.63) is 18.0 Å². The van der Waals surface area contributed by atoms with Crippen molar-refractivity contribution in [2.45, 2.75) is 25.9 Å². The molecule has 0 bridgehead atoms. The van der Waals surface area contributed by atoms with E-state index in [0.29, 0.717) is 0 Å². The van der Waals surface area contributed by atoms with E-state index >= 15 is 0 Å². The molecule has 98 valence electrons. The highest BCUT2D eigenvalue weighted by Crippen LogP contribution is 2.11. The summed E-state index contributed by atoms with van der Waals surface area (Å²) in [5.74, 6) is 0. The first-order chi connectivity index (χ1) is 8.17. The molecular formula is C12H24N4O. The highest BCUT2D eigenvalue weighted by molar-refractivity contribution is 5.10. The van der Waals surface area contributed by atoms with Gasteiger partial charge in [0.15, 0.2) is 0 Å². The van der Waals surface area contributed by atoms with Crippen LogP contribution in [0, 0.1) is 0 Å². The van der Waals surface area contributed by atoms with Crippen LogP contribution in [0.2, 0.25) is 0 Å². The van der Waals surface area contributed by atoms with Crippen LogP contribution in [0.1, 0.15) is 24.9 Å². The first kappa shape index (κ1) is 14.2. The van der Waals surface area contributed by atoms with Gasteiger partial charge in [-0.15, -0.1) is 0 Å². The van der Waals surface area contributed by atoms with Crippen molar-refractivity contribution in [2.24, 2.45) is 0 Å². The lowest BCUT2D eigenvalue weighted by Crippen LogP contribution is -2.31. The standard InChI is InChI=1S/C12H24N4O/c1-4-6-16-9-11(8-14-16)12(10-17)13-5-7-15(2)3/h8-9,12-13,17H,4-7,10H2,1-3H3. The van der Waals surface area contributed by atoms with E-state index in [1.54, 1.807) is 0 Å². The van der Waals surface area contributed by atoms with Crippen molar-refractivity contribution < 1.29 is 5.11 Å². The molecule has 2 N–H and O–H groups in total. The number of nitrogens with zero attached hydrogens (tertiary/aromatic N) is 3. The summed E-state index contributed by atoms with van der Waals surface area (Å²) in [5.41, 5.74) is 1.06. The maximum Gasteiger partial charge on any atom is 0.0627 e. The summed E-state index contributed by atoms with van der Waals surface area (Å²) < 4.78 is 1.92. The molecule has 0 aromatic carbocycles. The summed E-state index contributed by atoms with van der Waals surface area (Å²) >= 11 is 0. The first-order valence-electron chi connectivity index (χ1n) is 6.18. The van der Waals surface area contributed by atoms with Crippen molar-refractivity contribution in [1.82, 2.24) is 20.0 Å². The zero-order valence-corrected chi connectivity index (χ0v) is 11.1. The van der Waals surface area contributed by atoms with Gasteiger partial charge >= 0.3 is 0 Å². The average molecular weight is 240 g/mol. The Bertz CT molecular complexity index is 311. The van der Waals surface area contributed by atoms with Gasteiger partial charge in [-0.2, -0.15) is 5.10 Å². The van der Waals surface area contributed by atoms with Crippen molar-refractivity contribution in [2.75, 3.05) is 33.8 Å². The average Bonchev–Trinajstić information content (AvgIpc) is 2.73. The van der Waals surface area contributed by atoms with Gasteiger partial charge in [0.25, 0.3) is 0 Å². The van der Waals surface area contributed by atoms with Crippen LogP contribution in [0.4, 0.5) is 0 Å². The summed E-state index contributed by atoms with van der Waals surface area (Å²) in [5, 5.41) is 17.0. The Morgan fingerprint density at radius 1 is 1.53 bits per heavy atom. The Balaban J connectivity index is 2.47. The second-order valence-corrected chi connectivity index (χ2v) is 4.53. The second kappa shape index (κ2) is 7.42. The number of aliphatic hydroxyl groups excluding tert-OH is 1. The van der Waals surface area contributed by atoms with Gasteiger partial charge < -0.3 is 15.3 Å². The van der Waals surface area contributed by atoms with Gasteiger partial charge in [0.1, 0.15) is 0 Å². The molecule has 0 fully saturated rings. The molecule has 0 aliphatic rings. The summed E-state index contributed by atoms with van der Waals surface area (Å²) in [6, 6.07) is -0.0134. The summed E-state index contributed by atoms with van der Waals surface area (Å²) in [4.78, 5) is 2.11. The maximum atomic E-state index is 9.37. The SMILES string of the molecule is CCCn1cc(C(CO)NCCN(C)C)cn1. The Labute approximate surface area is 103 Å². The van der Waals surface area contributed by atoms with Crippen LogP contribution in [-0.2, 0) is 6.54 Å². The lowest BCUT2D eigenvalue weighted by molar-refractivity contribution is 0.240. The molecule has 0 saturated carbocycles. The summed E-state index contributed by atoms with van der Waals surface area (Å²) in [6.45, 7) is 4.97. The molecule has 1 rings (SSSR count). The topological polar surface area (TPSA) is 53.3 Å². The molecule has 0 amide bonds. The second-order valence-electron chi connectivity index (χ2n) is 4.53. The number of aliphatic hydroxyl groups is 1. The summed E-state index contributed by atoms with van der Waals surface area (Å²) in [7, 11) is 4.07. The highest BCUT2D eigenvalue weighted by Gasteiger charge is 2.11.